The molecule has 0 heterocycles. The first-order valence-corrected chi connectivity index (χ1v) is 8.60. The van der Waals surface area contributed by atoms with E-state index in [2.05, 4.69) is 0 Å². The van der Waals surface area contributed by atoms with Crippen molar-refractivity contribution in [2.24, 2.45) is 5.73 Å². The molecule has 0 aliphatic rings. The van der Waals surface area contributed by atoms with Crippen molar-refractivity contribution in [1.29, 1.82) is 0 Å². The van der Waals surface area contributed by atoms with Gasteiger partial charge in [0.1, 0.15) is 15.6 Å². The van der Waals surface area contributed by atoms with Gasteiger partial charge in [-0.25, -0.2) is 8.42 Å². The molecule has 0 fully saturated rings. The largest absolute Gasteiger partial charge is 0.493 e. The Morgan fingerprint density at radius 2 is 2.00 bits per heavy atom. The highest BCUT2D eigenvalue weighted by molar-refractivity contribution is 7.90. The van der Waals surface area contributed by atoms with Gasteiger partial charge in [-0.2, -0.15) is 0 Å². The van der Waals surface area contributed by atoms with E-state index in [9.17, 15) is 13.2 Å². The van der Waals surface area contributed by atoms with Crippen LogP contribution in [0.2, 0.25) is 0 Å². The van der Waals surface area contributed by atoms with Gasteiger partial charge in [0.05, 0.1) is 24.0 Å². The molecule has 0 amide bonds. The van der Waals surface area contributed by atoms with Crippen LogP contribution in [0.4, 0.5) is 0 Å². The molecule has 0 radical (unpaired) electrons. The number of para-hydroxylation sites is 1. The molecule has 1 rings (SSSR count). The smallest absolute Gasteiger partial charge is 0.183 e. The summed E-state index contributed by atoms with van der Waals surface area (Å²) in [6, 6.07) is 6.04. The Morgan fingerprint density at radius 3 is 2.60 bits per heavy atom. The van der Waals surface area contributed by atoms with Crippen molar-refractivity contribution >= 4 is 15.6 Å². The van der Waals surface area contributed by atoms with Gasteiger partial charge in [-0.05, 0) is 25.0 Å². The molecule has 2 N–H and O–H groups in total. The van der Waals surface area contributed by atoms with Crippen LogP contribution in [0.3, 0.4) is 0 Å². The molecular weight excluding hydrogens is 278 g/mol. The summed E-state index contributed by atoms with van der Waals surface area (Å²) in [6.07, 6.45) is 2.07. The Morgan fingerprint density at radius 1 is 1.35 bits per heavy atom. The number of nitrogens with two attached hydrogens (primary N) is 1. The van der Waals surface area contributed by atoms with Crippen molar-refractivity contribution in [3.8, 4) is 5.75 Å². The number of ether oxygens (including phenoxy) is 1. The molecule has 1 unspecified atom stereocenters. The summed E-state index contributed by atoms with van der Waals surface area (Å²) in [5.74, 6) is 0.104. The van der Waals surface area contributed by atoms with Crippen LogP contribution in [0, 0.1) is 0 Å². The number of hydrogen-bond donors (Lipinski definition) is 1. The molecule has 6 heteroatoms. The summed E-state index contributed by atoms with van der Waals surface area (Å²) in [5.41, 5.74) is 6.19. The average Bonchev–Trinajstić information content (AvgIpc) is 2.41. The second kappa shape index (κ2) is 7.40. The fourth-order valence-electron chi connectivity index (χ4n) is 1.68. The van der Waals surface area contributed by atoms with Gasteiger partial charge in [0.15, 0.2) is 5.78 Å². The van der Waals surface area contributed by atoms with Gasteiger partial charge in [-0.3, -0.25) is 4.79 Å². The lowest BCUT2D eigenvalue weighted by atomic mass is 10.0. The van der Waals surface area contributed by atoms with Gasteiger partial charge in [-0.1, -0.05) is 19.1 Å². The maximum absolute atomic E-state index is 12.2. The van der Waals surface area contributed by atoms with Crippen LogP contribution < -0.4 is 10.5 Å². The zero-order valence-corrected chi connectivity index (χ0v) is 12.7. The lowest BCUT2D eigenvalue weighted by Crippen LogP contribution is -2.32. The van der Waals surface area contributed by atoms with Gasteiger partial charge < -0.3 is 10.5 Å². The highest BCUT2D eigenvalue weighted by Gasteiger charge is 2.20. The molecule has 0 spiro atoms. The number of carbonyl (C=O) groups excluding carboxylic acids is 1. The Balaban J connectivity index is 2.80. The molecule has 20 heavy (non-hydrogen) atoms. The van der Waals surface area contributed by atoms with Gasteiger partial charge in [0.25, 0.3) is 0 Å². The summed E-state index contributed by atoms with van der Waals surface area (Å²) in [7, 11) is -3.12. The van der Waals surface area contributed by atoms with Crippen LogP contribution in [0.15, 0.2) is 24.3 Å². The molecule has 0 aromatic heterocycles. The summed E-state index contributed by atoms with van der Waals surface area (Å²) in [5, 5.41) is 0. The SMILES string of the molecule is CCCOc1ccccc1C(=O)C(N)CCS(C)(=O)=O. The lowest BCUT2D eigenvalue weighted by Gasteiger charge is -2.14. The molecule has 1 aromatic rings. The minimum Gasteiger partial charge on any atom is -0.493 e. The number of benzene rings is 1. The second-order valence-electron chi connectivity index (χ2n) is 4.73. The van der Waals surface area contributed by atoms with Crippen molar-refractivity contribution in [3.63, 3.8) is 0 Å². The van der Waals surface area contributed by atoms with Crippen molar-refractivity contribution in [2.45, 2.75) is 25.8 Å². The normalized spacial score (nSPS) is 12.9. The van der Waals surface area contributed by atoms with Crippen LogP contribution in [-0.2, 0) is 9.84 Å². The van der Waals surface area contributed by atoms with E-state index in [0.29, 0.717) is 17.9 Å². The third-order valence-corrected chi connectivity index (χ3v) is 3.73. The summed E-state index contributed by atoms with van der Waals surface area (Å²) >= 11 is 0. The molecular formula is C14H21NO4S. The molecule has 0 saturated carbocycles. The average molecular weight is 299 g/mol. The number of hydrogen-bond acceptors (Lipinski definition) is 5. The van der Waals surface area contributed by atoms with E-state index in [4.69, 9.17) is 10.5 Å². The molecule has 0 aliphatic heterocycles. The Labute approximate surface area is 120 Å². The minimum absolute atomic E-state index is 0.0993. The fourth-order valence-corrected chi connectivity index (χ4v) is 2.36. The first-order valence-electron chi connectivity index (χ1n) is 6.54. The van der Waals surface area contributed by atoms with E-state index in [1.54, 1.807) is 24.3 Å². The molecule has 112 valence electrons. The van der Waals surface area contributed by atoms with Crippen LogP contribution in [0.25, 0.3) is 0 Å². The van der Waals surface area contributed by atoms with E-state index in [0.717, 1.165) is 12.7 Å². The van der Waals surface area contributed by atoms with Crippen LogP contribution in [-0.4, -0.2) is 38.9 Å². The maximum atomic E-state index is 12.2. The van der Waals surface area contributed by atoms with Crippen molar-refractivity contribution in [2.75, 3.05) is 18.6 Å². The minimum atomic E-state index is -3.12. The summed E-state index contributed by atoms with van der Waals surface area (Å²) in [4.78, 5) is 12.2. The summed E-state index contributed by atoms with van der Waals surface area (Å²) < 4.78 is 27.7. The maximum Gasteiger partial charge on any atom is 0.183 e. The number of rotatable bonds is 8. The first kappa shape index (κ1) is 16.7. The molecule has 0 saturated heterocycles. The zero-order chi connectivity index (χ0) is 15.2. The highest BCUT2D eigenvalue weighted by atomic mass is 32.2. The van der Waals surface area contributed by atoms with E-state index >= 15 is 0 Å². The molecule has 0 aliphatic carbocycles. The number of Topliss-reactive ketones (excluding diaryl/α,β-unsaturated/α-hetero) is 1. The standard InChI is InChI=1S/C14H21NO4S/c1-3-9-19-13-7-5-4-6-11(13)14(16)12(15)8-10-20(2,17)18/h4-7,12H,3,8-10,15H2,1-2H3. The van der Waals surface area contributed by atoms with E-state index < -0.39 is 15.9 Å². The fraction of sp³-hybridized carbons (Fsp3) is 0.500. The topological polar surface area (TPSA) is 86.5 Å². The van der Waals surface area contributed by atoms with E-state index in [1.165, 1.54) is 0 Å². The Kier molecular flexibility index (Phi) is 6.16. The zero-order valence-electron chi connectivity index (χ0n) is 11.8. The highest BCUT2D eigenvalue weighted by Crippen LogP contribution is 2.20. The van der Waals surface area contributed by atoms with Gasteiger partial charge in [0, 0.05) is 6.26 Å². The van der Waals surface area contributed by atoms with Gasteiger partial charge in [0.2, 0.25) is 0 Å². The number of ketones is 1. The lowest BCUT2D eigenvalue weighted by molar-refractivity contribution is 0.0955. The van der Waals surface area contributed by atoms with Gasteiger partial charge >= 0.3 is 0 Å². The third kappa shape index (κ3) is 5.30. The molecule has 1 aromatic carbocycles. The quantitative estimate of drug-likeness (QED) is 0.734. The summed E-state index contributed by atoms with van der Waals surface area (Å²) in [6.45, 7) is 2.49. The Bertz CT molecular complexity index is 554. The van der Waals surface area contributed by atoms with Crippen LogP contribution >= 0.6 is 0 Å². The third-order valence-electron chi connectivity index (χ3n) is 2.75. The monoisotopic (exact) mass is 299 g/mol. The molecule has 1 atom stereocenters. The molecule has 5 nitrogen and oxygen atoms in total. The predicted molar refractivity (Wildman–Crippen MR) is 78.9 cm³/mol. The van der Waals surface area contributed by atoms with Crippen molar-refractivity contribution in [1.82, 2.24) is 0 Å². The van der Waals surface area contributed by atoms with Gasteiger partial charge in [-0.15, -0.1) is 0 Å². The van der Waals surface area contributed by atoms with Crippen molar-refractivity contribution in [3.05, 3.63) is 29.8 Å². The second-order valence-corrected chi connectivity index (χ2v) is 6.99. The predicted octanol–water partition coefficient (Wildman–Crippen LogP) is 1.42. The number of carbonyl (C=O) groups is 1. The molecule has 0 bridgehead atoms. The van der Waals surface area contributed by atoms with Crippen molar-refractivity contribution < 1.29 is 17.9 Å². The van der Waals surface area contributed by atoms with E-state index in [-0.39, 0.29) is 18.0 Å². The van der Waals surface area contributed by atoms with Crippen LogP contribution in [0.1, 0.15) is 30.1 Å². The first-order chi connectivity index (χ1) is 9.35. The van der Waals surface area contributed by atoms with E-state index in [1.807, 2.05) is 6.92 Å². The Hall–Kier alpha value is -1.40. The number of sulfone groups is 1. The van der Waals surface area contributed by atoms with Crippen LogP contribution in [0.5, 0.6) is 5.75 Å².